The highest BCUT2D eigenvalue weighted by Crippen LogP contribution is 2.24. The van der Waals surface area contributed by atoms with Gasteiger partial charge >= 0.3 is 0 Å². The number of halogens is 1. The van der Waals surface area contributed by atoms with E-state index >= 15 is 0 Å². The summed E-state index contributed by atoms with van der Waals surface area (Å²) < 4.78 is 13.7. The number of aliphatic hydroxyl groups is 1. The number of aliphatic hydroxyl groups excluding tert-OH is 1. The van der Waals surface area contributed by atoms with E-state index in [2.05, 4.69) is 15.3 Å². The van der Waals surface area contributed by atoms with Crippen LogP contribution in [0.1, 0.15) is 19.8 Å². The van der Waals surface area contributed by atoms with Gasteiger partial charge in [-0.3, -0.25) is 0 Å². The van der Waals surface area contributed by atoms with Gasteiger partial charge in [-0.25, -0.2) is 9.37 Å². The molecule has 1 aromatic carbocycles. The summed E-state index contributed by atoms with van der Waals surface area (Å²) in [5.41, 5.74) is 5.78. The van der Waals surface area contributed by atoms with Gasteiger partial charge in [-0.2, -0.15) is 4.98 Å². The number of nitrogens with one attached hydrogen (secondary N) is 1. The third-order valence-corrected chi connectivity index (χ3v) is 2.89. The number of benzene rings is 1. The van der Waals surface area contributed by atoms with Crippen molar-refractivity contribution in [2.24, 2.45) is 0 Å². The van der Waals surface area contributed by atoms with Crippen molar-refractivity contribution in [1.82, 2.24) is 9.97 Å². The highest BCUT2D eigenvalue weighted by Gasteiger charge is 2.13. The summed E-state index contributed by atoms with van der Waals surface area (Å²) in [5, 5.41) is 13.0. The second kappa shape index (κ2) is 5.79. The molecule has 2 aromatic rings. The summed E-state index contributed by atoms with van der Waals surface area (Å²) in [5.74, 6) is 0.0217. The van der Waals surface area contributed by atoms with Crippen molar-refractivity contribution in [3.8, 4) is 0 Å². The van der Waals surface area contributed by atoms with Crippen LogP contribution in [0.25, 0.3) is 10.9 Å². The van der Waals surface area contributed by atoms with Crippen molar-refractivity contribution in [3.63, 3.8) is 0 Å². The van der Waals surface area contributed by atoms with Crippen LogP contribution < -0.4 is 11.1 Å². The van der Waals surface area contributed by atoms with Gasteiger partial charge in [0.1, 0.15) is 17.2 Å². The first-order valence-corrected chi connectivity index (χ1v) is 6.24. The SMILES string of the molecule is CCC[C@@H](CO)Nc1nc(N)nc2c(F)cccc12. The van der Waals surface area contributed by atoms with E-state index in [0.29, 0.717) is 11.2 Å². The zero-order chi connectivity index (χ0) is 13.8. The normalized spacial score (nSPS) is 12.6. The molecular weight excluding hydrogens is 247 g/mol. The molecule has 0 unspecified atom stereocenters. The van der Waals surface area contributed by atoms with Gasteiger partial charge in [-0.05, 0) is 18.6 Å². The molecule has 0 saturated carbocycles. The molecule has 2 rings (SSSR count). The van der Waals surface area contributed by atoms with Gasteiger partial charge in [0.15, 0.2) is 0 Å². The number of hydrogen-bond acceptors (Lipinski definition) is 5. The van der Waals surface area contributed by atoms with E-state index in [4.69, 9.17) is 5.73 Å². The lowest BCUT2D eigenvalue weighted by Gasteiger charge is -2.17. The van der Waals surface area contributed by atoms with Crippen molar-refractivity contribution in [2.75, 3.05) is 17.7 Å². The number of hydrogen-bond donors (Lipinski definition) is 3. The number of nitrogens with zero attached hydrogens (tertiary/aromatic N) is 2. The number of fused-ring (bicyclic) bond motifs is 1. The molecule has 5 nitrogen and oxygen atoms in total. The third kappa shape index (κ3) is 2.90. The summed E-state index contributed by atoms with van der Waals surface area (Å²) in [6.45, 7) is 2.00. The fraction of sp³-hybridized carbons (Fsp3) is 0.385. The second-order valence-corrected chi connectivity index (χ2v) is 4.38. The molecule has 1 heterocycles. The van der Waals surface area contributed by atoms with Crippen LogP contribution in [0, 0.1) is 5.82 Å². The second-order valence-electron chi connectivity index (χ2n) is 4.38. The topological polar surface area (TPSA) is 84.1 Å². The lowest BCUT2D eigenvalue weighted by Crippen LogP contribution is -2.24. The standard InChI is InChI=1S/C13H17FN4O/c1-2-4-8(7-19)16-12-9-5-3-6-10(14)11(9)17-13(15)18-12/h3,5-6,8,19H,2,4,7H2,1H3,(H3,15,16,17,18)/t8-/m0/s1. The molecule has 1 atom stereocenters. The summed E-state index contributed by atoms with van der Waals surface area (Å²) in [6.07, 6.45) is 1.71. The molecule has 0 fully saturated rings. The average Bonchev–Trinajstić information content (AvgIpc) is 2.39. The monoisotopic (exact) mass is 264 g/mol. The van der Waals surface area contributed by atoms with Crippen LogP contribution in [0.2, 0.25) is 0 Å². The van der Waals surface area contributed by atoms with Gasteiger partial charge in [0, 0.05) is 5.39 Å². The number of nitrogens with two attached hydrogens (primary N) is 1. The Balaban J connectivity index is 2.44. The third-order valence-electron chi connectivity index (χ3n) is 2.89. The predicted octanol–water partition coefficient (Wildman–Crippen LogP) is 1.92. The van der Waals surface area contributed by atoms with Gasteiger partial charge in [0.25, 0.3) is 0 Å². The number of aromatic nitrogens is 2. The summed E-state index contributed by atoms with van der Waals surface area (Å²) >= 11 is 0. The van der Waals surface area contributed by atoms with Crippen molar-refractivity contribution in [1.29, 1.82) is 0 Å². The Kier molecular flexibility index (Phi) is 4.11. The molecule has 0 spiro atoms. The molecule has 0 radical (unpaired) electrons. The fourth-order valence-corrected chi connectivity index (χ4v) is 2.00. The summed E-state index contributed by atoms with van der Waals surface area (Å²) in [6, 6.07) is 4.51. The van der Waals surface area contributed by atoms with Gasteiger partial charge in [-0.15, -0.1) is 0 Å². The lowest BCUT2D eigenvalue weighted by molar-refractivity contribution is 0.268. The molecule has 1 aromatic heterocycles. The number of para-hydroxylation sites is 1. The Morgan fingerprint density at radius 2 is 2.21 bits per heavy atom. The number of rotatable bonds is 5. The fourth-order valence-electron chi connectivity index (χ4n) is 2.00. The lowest BCUT2D eigenvalue weighted by atomic mass is 10.1. The predicted molar refractivity (Wildman–Crippen MR) is 73.3 cm³/mol. The first-order valence-electron chi connectivity index (χ1n) is 6.24. The Labute approximate surface area is 110 Å². The summed E-state index contributed by atoms with van der Waals surface area (Å²) in [4.78, 5) is 7.99. The van der Waals surface area contributed by atoms with E-state index in [1.807, 2.05) is 6.92 Å². The highest BCUT2D eigenvalue weighted by atomic mass is 19.1. The van der Waals surface area contributed by atoms with Gasteiger partial charge < -0.3 is 16.2 Å². The van der Waals surface area contributed by atoms with E-state index < -0.39 is 5.82 Å². The van der Waals surface area contributed by atoms with Crippen molar-refractivity contribution in [3.05, 3.63) is 24.0 Å². The largest absolute Gasteiger partial charge is 0.394 e. The zero-order valence-corrected chi connectivity index (χ0v) is 10.7. The highest BCUT2D eigenvalue weighted by molar-refractivity contribution is 5.90. The molecule has 0 amide bonds. The Hall–Kier alpha value is -1.95. The number of nitrogen functional groups attached to an aromatic ring is 1. The minimum Gasteiger partial charge on any atom is -0.394 e. The van der Waals surface area contributed by atoms with E-state index in [1.165, 1.54) is 6.07 Å². The van der Waals surface area contributed by atoms with E-state index in [-0.39, 0.29) is 24.1 Å². The maximum absolute atomic E-state index is 13.7. The molecule has 0 bridgehead atoms. The molecule has 0 aliphatic rings. The van der Waals surface area contributed by atoms with Crippen molar-refractivity contribution >= 4 is 22.7 Å². The molecule has 102 valence electrons. The first kappa shape index (κ1) is 13.5. The van der Waals surface area contributed by atoms with E-state index in [9.17, 15) is 9.50 Å². The maximum atomic E-state index is 13.7. The first-order chi connectivity index (χ1) is 9.15. The number of anilines is 2. The summed E-state index contributed by atoms with van der Waals surface area (Å²) in [7, 11) is 0. The van der Waals surface area contributed by atoms with Crippen LogP contribution >= 0.6 is 0 Å². The average molecular weight is 264 g/mol. The molecule has 4 N–H and O–H groups in total. The van der Waals surface area contributed by atoms with E-state index in [0.717, 1.165) is 12.8 Å². The molecule has 0 aliphatic heterocycles. The molecule has 6 heteroatoms. The Bertz CT molecular complexity index is 576. The zero-order valence-electron chi connectivity index (χ0n) is 10.7. The van der Waals surface area contributed by atoms with Gasteiger partial charge in [0.05, 0.1) is 12.6 Å². The van der Waals surface area contributed by atoms with Crippen molar-refractivity contribution < 1.29 is 9.50 Å². The molecular formula is C13H17FN4O. The molecule has 0 aliphatic carbocycles. The van der Waals surface area contributed by atoms with Gasteiger partial charge in [0.2, 0.25) is 5.95 Å². The quantitative estimate of drug-likeness (QED) is 0.768. The van der Waals surface area contributed by atoms with Crippen LogP contribution in [0.4, 0.5) is 16.2 Å². The minimum atomic E-state index is -0.439. The molecule has 19 heavy (non-hydrogen) atoms. The van der Waals surface area contributed by atoms with E-state index in [1.54, 1.807) is 12.1 Å². The van der Waals surface area contributed by atoms with Crippen LogP contribution in [-0.4, -0.2) is 27.7 Å². The van der Waals surface area contributed by atoms with Gasteiger partial charge in [-0.1, -0.05) is 19.4 Å². The smallest absolute Gasteiger partial charge is 0.222 e. The van der Waals surface area contributed by atoms with Crippen LogP contribution in [0.5, 0.6) is 0 Å². The van der Waals surface area contributed by atoms with Crippen LogP contribution in [0.3, 0.4) is 0 Å². The Morgan fingerprint density at radius 3 is 2.89 bits per heavy atom. The molecule has 0 saturated heterocycles. The minimum absolute atomic E-state index is 0.00767. The Morgan fingerprint density at radius 1 is 1.42 bits per heavy atom. The van der Waals surface area contributed by atoms with Crippen molar-refractivity contribution in [2.45, 2.75) is 25.8 Å². The van der Waals surface area contributed by atoms with Crippen LogP contribution in [0.15, 0.2) is 18.2 Å². The maximum Gasteiger partial charge on any atom is 0.222 e. The van der Waals surface area contributed by atoms with Crippen LogP contribution in [-0.2, 0) is 0 Å².